The lowest BCUT2D eigenvalue weighted by Gasteiger charge is -2.32. The van der Waals surface area contributed by atoms with E-state index in [9.17, 15) is 18.0 Å². The predicted molar refractivity (Wildman–Crippen MR) is 67.3 cm³/mol. The molecule has 0 aromatic heterocycles. The van der Waals surface area contributed by atoms with Crippen molar-refractivity contribution in [1.82, 2.24) is 4.90 Å². The zero-order valence-electron chi connectivity index (χ0n) is 10.7. The van der Waals surface area contributed by atoms with E-state index in [0.717, 1.165) is 11.8 Å². The van der Waals surface area contributed by atoms with Crippen LogP contribution >= 0.6 is 0 Å². The molecule has 0 aliphatic heterocycles. The van der Waals surface area contributed by atoms with Crippen LogP contribution in [0.15, 0.2) is 43.0 Å². The highest BCUT2D eigenvalue weighted by Gasteiger charge is 2.43. The minimum Gasteiger partial charge on any atom is -0.326 e. The van der Waals surface area contributed by atoms with E-state index in [1.165, 1.54) is 6.08 Å². The zero-order valence-corrected chi connectivity index (χ0v) is 10.7. The molecule has 0 bridgehead atoms. The fourth-order valence-electron chi connectivity index (χ4n) is 1.82. The van der Waals surface area contributed by atoms with E-state index in [1.54, 1.807) is 30.3 Å². The summed E-state index contributed by atoms with van der Waals surface area (Å²) >= 11 is 0. The third kappa shape index (κ3) is 4.43. The molecule has 0 aliphatic rings. The van der Waals surface area contributed by atoms with Crippen LogP contribution in [-0.4, -0.2) is 23.0 Å². The highest BCUT2D eigenvalue weighted by atomic mass is 19.4. The van der Waals surface area contributed by atoms with Crippen molar-refractivity contribution in [2.75, 3.05) is 0 Å². The summed E-state index contributed by atoms with van der Waals surface area (Å²) in [7, 11) is 0. The van der Waals surface area contributed by atoms with Crippen LogP contribution in [-0.2, 0) is 11.3 Å². The van der Waals surface area contributed by atoms with Gasteiger partial charge in [0.2, 0.25) is 5.91 Å². The maximum Gasteiger partial charge on any atom is 0.409 e. The van der Waals surface area contributed by atoms with Crippen molar-refractivity contribution in [1.29, 1.82) is 0 Å². The van der Waals surface area contributed by atoms with Gasteiger partial charge in [-0.25, -0.2) is 0 Å². The first kappa shape index (κ1) is 15.3. The topological polar surface area (TPSA) is 20.3 Å². The second-order valence-electron chi connectivity index (χ2n) is 4.21. The second-order valence-corrected chi connectivity index (χ2v) is 4.21. The lowest BCUT2D eigenvalue weighted by Crippen LogP contribution is -2.47. The molecule has 1 atom stereocenters. The molecule has 1 unspecified atom stereocenters. The zero-order chi connectivity index (χ0) is 14.5. The van der Waals surface area contributed by atoms with E-state index < -0.39 is 18.1 Å². The van der Waals surface area contributed by atoms with Gasteiger partial charge >= 0.3 is 6.18 Å². The van der Waals surface area contributed by atoms with Gasteiger partial charge in [-0.3, -0.25) is 4.79 Å². The number of benzene rings is 1. The molecule has 0 N–H and O–H groups in total. The standard InChI is InChI=1S/C14H16F3NO/c1-3-7-13(14(15,16)17)18(11(2)19)10-12-8-5-4-6-9-12/h3-6,8-9,13H,1,7,10H2,2H3. The van der Waals surface area contributed by atoms with E-state index in [0.29, 0.717) is 5.56 Å². The lowest BCUT2D eigenvalue weighted by molar-refractivity contribution is -0.189. The van der Waals surface area contributed by atoms with Crippen molar-refractivity contribution in [2.45, 2.75) is 32.1 Å². The molecule has 2 nitrogen and oxygen atoms in total. The maximum atomic E-state index is 13.0. The average molecular weight is 271 g/mol. The lowest BCUT2D eigenvalue weighted by atomic mass is 10.1. The molecule has 104 valence electrons. The number of rotatable bonds is 5. The van der Waals surface area contributed by atoms with Gasteiger partial charge in [0.25, 0.3) is 0 Å². The van der Waals surface area contributed by atoms with E-state index in [2.05, 4.69) is 6.58 Å². The Labute approximate surface area is 110 Å². The van der Waals surface area contributed by atoms with Crippen molar-refractivity contribution < 1.29 is 18.0 Å². The molecule has 1 aromatic rings. The van der Waals surface area contributed by atoms with Crippen LogP contribution in [0, 0.1) is 0 Å². The third-order valence-electron chi connectivity index (χ3n) is 2.74. The number of hydrogen-bond acceptors (Lipinski definition) is 1. The number of carbonyl (C=O) groups excluding carboxylic acids is 1. The highest BCUT2D eigenvalue weighted by molar-refractivity contribution is 5.73. The summed E-state index contributed by atoms with van der Waals surface area (Å²) in [4.78, 5) is 12.3. The van der Waals surface area contributed by atoms with Gasteiger partial charge in [0.15, 0.2) is 0 Å². The minimum atomic E-state index is -4.46. The Bertz CT molecular complexity index is 428. The normalized spacial score (nSPS) is 12.8. The molecule has 0 heterocycles. The van der Waals surface area contributed by atoms with Gasteiger partial charge in [-0.15, -0.1) is 6.58 Å². The molecule has 0 fully saturated rings. The summed E-state index contributed by atoms with van der Waals surface area (Å²) < 4.78 is 38.9. The van der Waals surface area contributed by atoms with Crippen LogP contribution in [0.1, 0.15) is 18.9 Å². The Hall–Kier alpha value is -1.78. The number of amides is 1. The molecule has 0 spiro atoms. The summed E-state index contributed by atoms with van der Waals surface area (Å²) in [5.74, 6) is -0.604. The molecular weight excluding hydrogens is 255 g/mol. The van der Waals surface area contributed by atoms with Crippen molar-refractivity contribution in [3.05, 3.63) is 48.6 Å². The molecule has 0 radical (unpaired) electrons. The Balaban J connectivity index is 2.98. The van der Waals surface area contributed by atoms with E-state index in [4.69, 9.17) is 0 Å². The molecule has 5 heteroatoms. The van der Waals surface area contributed by atoms with Crippen LogP contribution in [0.3, 0.4) is 0 Å². The van der Waals surface area contributed by atoms with Crippen LogP contribution < -0.4 is 0 Å². The summed E-state index contributed by atoms with van der Waals surface area (Å²) in [5.41, 5.74) is 0.663. The Kier molecular flexibility index (Phi) is 5.15. The van der Waals surface area contributed by atoms with Crippen LogP contribution in [0.2, 0.25) is 0 Å². The van der Waals surface area contributed by atoms with Crippen molar-refractivity contribution in [3.63, 3.8) is 0 Å². The average Bonchev–Trinajstić information content (AvgIpc) is 2.33. The molecule has 0 saturated heterocycles. The summed E-state index contributed by atoms with van der Waals surface area (Å²) in [6, 6.07) is 6.77. The van der Waals surface area contributed by atoms with Crippen molar-refractivity contribution >= 4 is 5.91 Å². The smallest absolute Gasteiger partial charge is 0.326 e. The van der Waals surface area contributed by atoms with Crippen LogP contribution in [0.25, 0.3) is 0 Å². The first-order valence-electron chi connectivity index (χ1n) is 5.85. The van der Waals surface area contributed by atoms with Gasteiger partial charge in [-0.2, -0.15) is 13.2 Å². The Morgan fingerprint density at radius 3 is 2.37 bits per heavy atom. The Morgan fingerprint density at radius 2 is 1.95 bits per heavy atom. The molecule has 0 aliphatic carbocycles. The van der Waals surface area contributed by atoms with Gasteiger partial charge in [0.1, 0.15) is 6.04 Å². The number of halogens is 3. The molecule has 1 rings (SSSR count). The molecule has 0 saturated carbocycles. The van der Waals surface area contributed by atoms with Crippen LogP contribution in [0.5, 0.6) is 0 Å². The van der Waals surface area contributed by atoms with Crippen LogP contribution in [0.4, 0.5) is 13.2 Å². The second kappa shape index (κ2) is 6.41. The van der Waals surface area contributed by atoms with Gasteiger partial charge < -0.3 is 4.90 Å². The minimum absolute atomic E-state index is 0.0613. The largest absolute Gasteiger partial charge is 0.409 e. The van der Waals surface area contributed by atoms with E-state index >= 15 is 0 Å². The monoisotopic (exact) mass is 271 g/mol. The maximum absolute atomic E-state index is 13.0. The fourth-order valence-corrected chi connectivity index (χ4v) is 1.82. The molecular formula is C14H16F3NO. The predicted octanol–water partition coefficient (Wildman–Crippen LogP) is 3.54. The van der Waals surface area contributed by atoms with E-state index in [-0.39, 0.29) is 13.0 Å². The summed E-state index contributed by atoms with van der Waals surface area (Å²) in [5, 5.41) is 0. The summed E-state index contributed by atoms with van der Waals surface area (Å²) in [6.07, 6.45) is -3.59. The SMILES string of the molecule is C=CCC(N(Cc1ccccc1)C(C)=O)C(F)(F)F. The first-order chi connectivity index (χ1) is 8.86. The van der Waals surface area contributed by atoms with Gasteiger partial charge in [0, 0.05) is 13.5 Å². The molecule has 19 heavy (non-hydrogen) atoms. The van der Waals surface area contributed by atoms with Gasteiger partial charge in [-0.1, -0.05) is 36.4 Å². The van der Waals surface area contributed by atoms with Gasteiger partial charge in [-0.05, 0) is 12.0 Å². The van der Waals surface area contributed by atoms with E-state index in [1.807, 2.05) is 0 Å². The third-order valence-corrected chi connectivity index (χ3v) is 2.74. The van der Waals surface area contributed by atoms with Crippen molar-refractivity contribution in [2.24, 2.45) is 0 Å². The number of alkyl halides is 3. The quantitative estimate of drug-likeness (QED) is 0.750. The van der Waals surface area contributed by atoms with Gasteiger partial charge in [0.05, 0.1) is 0 Å². The fraction of sp³-hybridized carbons (Fsp3) is 0.357. The number of hydrogen-bond donors (Lipinski definition) is 0. The molecule has 1 amide bonds. The Morgan fingerprint density at radius 1 is 1.37 bits per heavy atom. The molecule has 1 aromatic carbocycles. The number of nitrogens with zero attached hydrogens (tertiary/aromatic N) is 1. The first-order valence-corrected chi connectivity index (χ1v) is 5.85. The summed E-state index contributed by atoms with van der Waals surface area (Å²) in [6.45, 7) is 4.41. The highest BCUT2D eigenvalue weighted by Crippen LogP contribution is 2.28. The number of carbonyl (C=O) groups is 1. The van der Waals surface area contributed by atoms with Crippen molar-refractivity contribution in [3.8, 4) is 0 Å².